The van der Waals surface area contributed by atoms with E-state index in [9.17, 15) is 13.2 Å². The van der Waals surface area contributed by atoms with Crippen molar-refractivity contribution < 1.29 is 27.2 Å². The molecule has 1 aromatic heterocycles. The highest BCUT2D eigenvalue weighted by molar-refractivity contribution is 7.89. The molecule has 124 valence electrons. The van der Waals surface area contributed by atoms with E-state index in [0.29, 0.717) is 5.56 Å². The van der Waals surface area contributed by atoms with Crippen LogP contribution in [0.5, 0.6) is 11.5 Å². The zero-order valence-electron chi connectivity index (χ0n) is 12.6. The van der Waals surface area contributed by atoms with Crippen LogP contribution in [0.15, 0.2) is 39.9 Å². The highest BCUT2D eigenvalue weighted by Crippen LogP contribution is 2.27. The summed E-state index contributed by atoms with van der Waals surface area (Å²) < 4.78 is 34.8. The minimum absolute atomic E-state index is 0.0774. The fourth-order valence-electron chi connectivity index (χ4n) is 1.88. The predicted molar refractivity (Wildman–Crippen MR) is 85.7 cm³/mol. The van der Waals surface area contributed by atoms with Gasteiger partial charge in [-0.05, 0) is 42.5 Å². The first kappa shape index (κ1) is 17.3. The number of carbonyl (C=O) groups is 1. The predicted octanol–water partition coefficient (Wildman–Crippen LogP) is 3.07. The Morgan fingerprint density at radius 2 is 2.00 bits per heavy atom. The summed E-state index contributed by atoms with van der Waals surface area (Å²) in [6.07, 6.45) is -0.717. The van der Waals surface area contributed by atoms with Gasteiger partial charge in [-0.25, -0.2) is 4.79 Å². The van der Waals surface area contributed by atoms with Crippen LogP contribution >= 0.6 is 11.3 Å². The lowest BCUT2D eigenvalue weighted by Gasteiger charge is -2.15. The Kier molecular flexibility index (Phi) is 5.27. The number of carboxylic acids is 1. The molecular formula is C15H16O6S2. The van der Waals surface area contributed by atoms with Crippen molar-refractivity contribution in [1.82, 2.24) is 0 Å². The molecule has 8 heteroatoms. The van der Waals surface area contributed by atoms with Crippen LogP contribution in [0, 0.1) is 6.92 Å². The number of ether oxygens (including phenoxy) is 1. The quantitative estimate of drug-likeness (QED) is 0.767. The molecule has 1 N–H and O–H groups in total. The van der Waals surface area contributed by atoms with Crippen LogP contribution in [0.4, 0.5) is 0 Å². The first-order chi connectivity index (χ1) is 10.8. The van der Waals surface area contributed by atoms with Crippen LogP contribution in [0.1, 0.15) is 18.9 Å². The first-order valence-electron chi connectivity index (χ1n) is 6.81. The maximum absolute atomic E-state index is 12.1. The summed E-state index contributed by atoms with van der Waals surface area (Å²) in [7, 11) is -3.91. The molecule has 0 fully saturated rings. The van der Waals surface area contributed by atoms with Gasteiger partial charge in [0.05, 0.1) is 0 Å². The summed E-state index contributed by atoms with van der Waals surface area (Å²) in [6, 6.07) is 7.59. The smallest absolute Gasteiger partial charge is 0.348 e. The van der Waals surface area contributed by atoms with Gasteiger partial charge in [-0.1, -0.05) is 13.0 Å². The number of benzene rings is 1. The Morgan fingerprint density at radius 3 is 2.57 bits per heavy atom. The highest BCUT2D eigenvalue weighted by Gasteiger charge is 2.20. The molecule has 6 nitrogen and oxygen atoms in total. The summed E-state index contributed by atoms with van der Waals surface area (Å²) >= 11 is 1.05. The summed E-state index contributed by atoms with van der Waals surface area (Å²) in [5.41, 5.74) is 0.694. The third kappa shape index (κ3) is 4.46. The van der Waals surface area contributed by atoms with Gasteiger partial charge in [-0.2, -0.15) is 8.42 Å². The van der Waals surface area contributed by atoms with E-state index in [2.05, 4.69) is 0 Å². The summed E-state index contributed by atoms with van der Waals surface area (Å²) in [5, 5.41) is 10.7. The third-order valence-corrected chi connectivity index (χ3v) is 5.50. The lowest BCUT2D eigenvalue weighted by Crippen LogP contribution is -2.25. The molecule has 0 bridgehead atoms. The van der Waals surface area contributed by atoms with Crippen LogP contribution in [0.3, 0.4) is 0 Å². The molecule has 0 amide bonds. The fourth-order valence-corrected chi connectivity index (χ4v) is 3.74. The molecule has 2 aromatic rings. The van der Waals surface area contributed by atoms with Crippen molar-refractivity contribution in [3.8, 4) is 11.5 Å². The second-order valence-corrected chi connectivity index (χ2v) is 7.53. The molecule has 0 aliphatic heterocycles. The van der Waals surface area contributed by atoms with E-state index in [1.807, 2.05) is 0 Å². The molecule has 0 radical (unpaired) electrons. The Hall–Kier alpha value is -2.06. The van der Waals surface area contributed by atoms with E-state index in [1.165, 1.54) is 12.1 Å². The van der Waals surface area contributed by atoms with E-state index < -0.39 is 22.2 Å². The standard InChI is InChI=1S/C15H16O6S2/c1-3-13(15(16)17)20-11-7-10(2)8-12(9-11)21-23(18,19)14-5-4-6-22-14/h4-9,13H,3H2,1-2H3,(H,16,17). The number of rotatable bonds is 7. The van der Waals surface area contributed by atoms with Gasteiger partial charge < -0.3 is 14.0 Å². The average Bonchev–Trinajstić information content (AvgIpc) is 2.98. The Bertz CT molecular complexity index is 780. The number of thiophene rings is 1. The van der Waals surface area contributed by atoms with Crippen LogP contribution in [-0.2, 0) is 14.9 Å². The molecule has 0 spiro atoms. The van der Waals surface area contributed by atoms with Crippen molar-refractivity contribution >= 4 is 27.4 Å². The van der Waals surface area contributed by atoms with Gasteiger partial charge >= 0.3 is 16.1 Å². The van der Waals surface area contributed by atoms with E-state index in [-0.39, 0.29) is 22.1 Å². The lowest BCUT2D eigenvalue weighted by molar-refractivity contribution is -0.145. The summed E-state index contributed by atoms with van der Waals surface area (Å²) in [4.78, 5) is 11.0. The number of hydrogen-bond acceptors (Lipinski definition) is 6. The molecule has 1 unspecified atom stereocenters. The van der Waals surface area contributed by atoms with Gasteiger partial charge in [-0.3, -0.25) is 0 Å². The van der Waals surface area contributed by atoms with Gasteiger partial charge in [0.2, 0.25) is 0 Å². The Labute approximate surface area is 138 Å². The third-order valence-electron chi connectivity index (χ3n) is 2.90. The topological polar surface area (TPSA) is 89.9 Å². The van der Waals surface area contributed by atoms with Gasteiger partial charge in [0.1, 0.15) is 11.5 Å². The molecule has 1 atom stereocenters. The van der Waals surface area contributed by atoms with Gasteiger partial charge in [-0.15, -0.1) is 11.3 Å². The largest absolute Gasteiger partial charge is 0.479 e. The maximum atomic E-state index is 12.1. The molecule has 23 heavy (non-hydrogen) atoms. The SMILES string of the molecule is CCC(Oc1cc(C)cc(OS(=O)(=O)c2cccs2)c1)C(=O)O. The van der Waals surface area contributed by atoms with Gasteiger partial charge in [0.25, 0.3) is 0 Å². The molecular weight excluding hydrogens is 340 g/mol. The second kappa shape index (κ2) is 7.01. The Balaban J connectivity index is 2.25. The van der Waals surface area contributed by atoms with Crippen LogP contribution in [0.2, 0.25) is 0 Å². The molecule has 1 heterocycles. The second-order valence-electron chi connectivity index (χ2n) is 4.80. The minimum Gasteiger partial charge on any atom is -0.479 e. The summed E-state index contributed by atoms with van der Waals surface area (Å²) in [6.45, 7) is 3.42. The lowest BCUT2D eigenvalue weighted by atomic mass is 10.2. The van der Waals surface area contributed by atoms with Crippen LogP contribution in [0.25, 0.3) is 0 Å². The van der Waals surface area contributed by atoms with Crippen molar-refractivity contribution in [2.24, 2.45) is 0 Å². The molecule has 2 rings (SSSR count). The van der Waals surface area contributed by atoms with E-state index in [0.717, 1.165) is 11.3 Å². The molecule has 0 saturated carbocycles. The highest BCUT2D eigenvalue weighted by atomic mass is 32.3. The minimum atomic E-state index is -3.91. The van der Waals surface area contributed by atoms with Gasteiger partial charge in [0, 0.05) is 6.07 Å². The zero-order chi connectivity index (χ0) is 17.0. The maximum Gasteiger partial charge on any atom is 0.348 e. The zero-order valence-corrected chi connectivity index (χ0v) is 14.2. The van der Waals surface area contributed by atoms with Crippen molar-refractivity contribution in [1.29, 1.82) is 0 Å². The average molecular weight is 356 g/mol. The molecule has 1 aromatic carbocycles. The van der Waals surface area contributed by atoms with Gasteiger partial charge in [0.15, 0.2) is 10.3 Å². The molecule has 0 saturated heterocycles. The molecule has 0 aliphatic rings. The van der Waals surface area contributed by atoms with E-state index in [4.69, 9.17) is 14.0 Å². The van der Waals surface area contributed by atoms with Crippen molar-refractivity contribution in [2.45, 2.75) is 30.6 Å². The normalized spacial score (nSPS) is 12.6. The van der Waals surface area contributed by atoms with Crippen molar-refractivity contribution in [2.75, 3.05) is 0 Å². The van der Waals surface area contributed by atoms with E-state index in [1.54, 1.807) is 37.4 Å². The van der Waals surface area contributed by atoms with Crippen molar-refractivity contribution in [3.05, 3.63) is 41.3 Å². The van der Waals surface area contributed by atoms with E-state index >= 15 is 0 Å². The number of aliphatic carboxylic acids is 1. The molecule has 0 aliphatic carbocycles. The first-order valence-corrected chi connectivity index (χ1v) is 9.09. The number of carboxylic acid groups (broad SMARTS) is 1. The fraction of sp³-hybridized carbons (Fsp3) is 0.267. The van der Waals surface area contributed by atoms with Crippen LogP contribution < -0.4 is 8.92 Å². The number of aryl methyl sites for hydroxylation is 1. The van der Waals surface area contributed by atoms with Crippen LogP contribution in [-0.4, -0.2) is 25.6 Å². The summed E-state index contributed by atoms with van der Waals surface area (Å²) in [5.74, 6) is -0.757. The van der Waals surface area contributed by atoms with Crippen molar-refractivity contribution in [3.63, 3.8) is 0 Å². The Morgan fingerprint density at radius 1 is 1.30 bits per heavy atom. The number of hydrogen-bond donors (Lipinski definition) is 1. The monoisotopic (exact) mass is 356 g/mol.